The minimum atomic E-state index is -0.691. The van der Waals surface area contributed by atoms with Crippen molar-refractivity contribution in [3.8, 4) is 11.5 Å². The zero-order valence-electron chi connectivity index (χ0n) is 20.6. The topological polar surface area (TPSA) is 115 Å². The van der Waals surface area contributed by atoms with Crippen LogP contribution in [0.2, 0.25) is 0 Å². The molecule has 0 aliphatic heterocycles. The maximum atomic E-state index is 13.1. The number of aliphatic imine (C=N–C) groups is 1. The van der Waals surface area contributed by atoms with E-state index in [1.165, 1.54) is 6.42 Å². The summed E-state index contributed by atoms with van der Waals surface area (Å²) in [5.74, 6) is 1.05. The average Bonchev–Trinajstić information content (AvgIpc) is 2.87. The molecule has 4 N–H and O–H groups in total. The summed E-state index contributed by atoms with van der Waals surface area (Å²) >= 11 is 0. The summed E-state index contributed by atoms with van der Waals surface area (Å²) < 4.78 is 10.6. The van der Waals surface area contributed by atoms with E-state index in [-0.39, 0.29) is 17.8 Å². The first kappa shape index (κ1) is 26.1. The van der Waals surface area contributed by atoms with E-state index in [4.69, 9.17) is 15.2 Å². The highest BCUT2D eigenvalue weighted by Gasteiger charge is 2.21. The molecule has 1 fully saturated rings. The summed E-state index contributed by atoms with van der Waals surface area (Å²) in [4.78, 5) is 29.6. The molecule has 35 heavy (non-hydrogen) atoms. The van der Waals surface area contributed by atoms with Crippen LogP contribution in [0, 0.1) is 5.92 Å². The third-order valence-corrected chi connectivity index (χ3v) is 6.27. The van der Waals surface area contributed by atoms with Gasteiger partial charge in [0.15, 0.2) is 17.5 Å². The zero-order valence-corrected chi connectivity index (χ0v) is 20.6. The van der Waals surface area contributed by atoms with Gasteiger partial charge in [-0.3, -0.25) is 9.59 Å². The van der Waals surface area contributed by atoms with Crippen molar-refractivity contribution >= 4 is 17.8 Å². The molecule has 2 aromatic carbocycles. The van der Waals surface area contributed by atoms with Crippen molar-refractivity contribution in [2.24, 2.45) is 16.6 Å². The molecule has 8 heteroatoms. The Hall–Kier alpha value is -3.55. The summed E-state index contributed by atoms with van der Waals surface area (Å²) in [6.45, 7) is 0.295. The zero-order chi connectivity index (χ0) is 25.0. The number of nitrogens with zero attached hydrogens (tertiary/aromatic N) is 1. The minimum Gasteiger partial charge on any atom is -0.493 e. The van der Waals surface area contributed by atoms with Gasteiger partial charge in [-0.05, 0) is 42.0 Å². The Bertz CT molecular complexity index is 1000. The molecule has 0 bridgehead atoms. The van der Waals surface area contributed by atoms with Crippen LogP contribution in [0.25, 0.3) is 0 Å². The summed E-state index contributed by atoms with van der Waals surface area (Å²) in [5, 5.41) is 5.90. The lowest BCUT2D eigenvalue weighted by Crippen LogP contribution is -2.50. The van der Waals surface area contributed by atoms with E-state index in [0.29, 0.717) is 36.8 Å². The second kappa shape index (κ2) is 13.4. The molecule has 0 heterocycles. The van der Waals surface area contributed by atoms with Crippen LogP contribution in [0.15, 0.2) is 53.5 Å². The molecule has 188 valence electrons. The van der Waals surface area contributed by atoms with Crippen LogP contribution in [0.3, 0.4) is 0 Å². The fourth-order valence-corrected chi connectivity index (χ4v) is 4.39. The van der Waals surface area contributed by atoms with Crippen LogP contribution in [0.5, 0.6) is 11.5 Å². The number of nitrogens with one attached hydrogen (secondary N) is 2. The molecule has 8 nitrogen and oxygen atoms in total. The number of hydrogen-bond acceptors (Lipinski definition) is 4. The van der Waals surface area contributed by atoms with Crippen LogP contribution in [0.4, 0.5) is 0 Å². The van der Waals surface area contributed by atoms with Gasteiger partial charge in [-0.1, -0.05) is 55.7 Å². The lowest BCUT2D eigenvalue weighted by atomic mass is 9.87. The molecule has 2 amide bonds. The minimum absolute atomic E-state index is 0.0343. The van der Waals surface area contributed by atoms with Crippen molar-refractivity contribution in [2.75, 3.05) is 14.2 Å². The Morgan fingerprint density at radius 3 is 2.40 bits per heavy atom. The predicted octanol–water partition coefficient (Wildman–Crippen LogP) is 3.33. The number of rotatable bonds is 10. The van der Waals surface area contributed by atoms with Gasteiger partial charge in [0.05, 0.1) is 14.2 Å². The van der Waals surface area contributed by atoms with Gasteiger partial charge < -0.3 is 25.8 Å². The highest BCUT2D eigenvalue weighted by atomic mass is 16.5. The Labute approximate surface area is 207 Å². The quantitative estimate of drug-likeness (QED) is 0.355. The van der Waals surface area contributed by atoms with Crippen LogP contribution in [-0.2, 0) is 22.6 Å². The van der Waals surface area contributed by atoms with Crippen LogP contribution in [-0.4, -0.2) is 38.0 Å². The van der Waals surface area contributed by atoms with Crippen LogP contribution < -0.4 is 25.8 Å². The van der Waals surface area contributed by atoms with Crippen molar-refractivity contribution in [2.45, 2.75) is 57.5 Å². The third kappa shape index (κ3) is 8.31. The molecule has 0 radical (unpaired) electrons. The molecule has 3 rings (SSSR count). The Kier molecular flexibility index (Phi) is 9.95. The van der Waals surface area contributed by atoms with E-state index in [0.717, 1.165) is 36.8 Å². The second-order valence-electron chi connectivity index (χ2n) is 8.89. The molecule has 1 unspecified atom stereocenters. The maximum absolute atomic E-state index is 13.1. The van der Waals surface area contributed by atoms with Gasteiger partial charge in [0.25, 0.3) is 0 Å². The van der Waals surface area contributed by atoms with Crippen LogP contribution in [0.1, 0.15) is 49.7 Å². The molecule has 1 aliphatic carbocycles. The number of benzene rings is 2. The molecule has 1 saturated carbocycles. The van der Waals surface area contributed by atoms with Gasteiger partial charge in [-0.25, -0.2) is 0 Å². The first-order chi connectivity index (χ1) is 17.0. The van der Waals surface area contributed by atoms with Crippen molar-refractivity contribution in [3.63, 3.8) is 0 Å². The molecule has 1 aliphatic rings. The van der Waals surface area contributed by atoms with Gasteiger partial charge in [-0.2, -0.15) is 4.99 Å². The molecular formula is C27H36N4O4. The third-order valence-electron chi connectivity index (χ3n) is 6.27. The maximum Gasteiger partial charge on any atom is 0.249 e. The Balaban J connectivity index is 1.65. The lowest BCUT2D eigenvalue weighted by Gasteiger charge is -2.21. The second-order valence-corrected chi connectivity index (χ2v) is 8.89. The number of methoxy groups -OCH3 is 2. The van der Waals surface area contributed by atoms with Gasteiger partial charge in [-0.15, -0.1) is 0 Å². The highest BCUT2D eigenvalue weighted by molar-refractivity contribution is 5.95. The number of nitrogens with two attached hydrogens (primary N) is 1. The van der Waals surface area contributed by atoms with Crippen molar-refractivity contribution in [3.05, 3.63) is 59.7 Å². The first-order valence-electron chi connectivity index (χ1n) is 12.1. The average molecular weight is 481 g/mol. The van der Waals surface area contributed by atoms with E-state index in [1.54, 1.807) is 20.3 Å². The van der Waals surface area contributed by atoms with Gasteiger partial charge in [0.2, 0.25) is 11.8 Å². The summed E-state index contributed by atoms with van der Waals surface area (Å²) in [6.07, 6.45) is 6.47. The smallest absolute Gasteiger partial charge is 0.249 e. The number of ether oxygens (including phenoxy) is 2. The Morgan fingerprint density at radius 2 is 1.71 bits per heavy atom. The fourth-order valence-electron chi connectivity index (χ4n) is 4.39. The molecule has 0 spiro atoms. The summed E-state index contributed by atoms with van der Waals surface area (Å²) in [7, 11) is 3.14. The Morgan fingerprint density at radius 1 is 1.00 bits per heavy atom. The standard InChI is InChI=1S/C27H36N4O4/c1-34-23-14-13-21(16-24(23)35-2)18-29-26(33)22(15-19-9-5-3-6-10-19)30-27(28)31-25(32)17-20-11-7-4-8-12-20/h3,5-6,9-10,13-14,16,20,22H,4,7-8,11-12,15,17-18H2,1-2H3,(H,29,33)(H3,28,30,31,32). The predicted molar refractivity (Wildman–Crippen MR) is 136 cm³/mol. The monoisotopic (exact) mass is 480 g/mol. The van der Waals surface area contributed by atoms with Gasteiger partial charge in [0, 0.05) is 19.4 Å². The molecule has 0 aromatic heterocycles. The molecule has 0 saturated heterocycles. The van der Waals surface area contributed by atoms with Crippen molar-refractivity contribution < 1.29 is 19.1 Å². The number of amides is 2. The summed E-state index contributed by atoms with van der Waals surface area (Å²) in [5.41, 5.74) is 7.88. The number of guanidine groups is 1. The van der Waals surface area contributed by atoms with E-state index in [1.807, 2.05) is 42.5 Å². The lowest BCUT2D eigenvalue weighted by molar-refractivity contribution is -0.123. The van der Waals surface area contributed by atoms with Crippen molar-refractivity contribution in [1.82, 2.24) is 10.6 Å². The first-order valence-corrected chi connectivity index (χ1v) is 12.1. The molecule has 1 atom stereocenters. The summed E-state index contributed by atoms with van der Waals surface area (Å²) in [6, 6.07) is 14.4. The number of carbonyl (C=O) groups is 2. The number of hydrogen-bond donors (Lipinski definition) is 3. The van der Waals surface area contributed by atoms with Crippen molar-refractivity contribution in [1.29, 1.82) is 0 Å². The highest BCUT2D eigenvalue weighted by Crippen LogP contribution is 2.28. The molecular weight excluding hydrogens is 444 g/mol. The molecule has 2 aromatic rings. The van der Waals surface area contributed by atoms with E-state index in [9.17, 15) is 9.59 Å². The van der Waals surface area contributed by atoms with E-state index in [2.05, 4.69) is 15.6 Å². The SMILES string of the molecule is COc1ccc(CNC(=O)C(Cc2ccccc2)NC(N)=NC(=O)CC2CCCCC2)cc1OC. The fraction of sp³-hybridized carbons (Fsp3) is 0.444. The van der Waals surface area contributed by atoms with E-state index >= 15 is 0 Å². The normalized spacial score (nSPS) is 15.2. The van der Waals surface area contributed by atoms with Gasteiger partial charge in [0.1, 0.15) is 6.04 Å². The van der Waals surface area contributed by atoms with Gasteiger partial charge >= 0.3 is 0 Å². The van der Waals surface area contributed by atoms with E-state index < -0.39 is 6.04 Å². The number of carbonyl (C=O) groups excluding carboxylic acids is 2. The largest absolute Gasteiger partial charge is 0.493 e. The van der Waals surface area contributed by atoms with Crippen LogP contribution >= 0.6 is 0 Å².